The molecule has 0 saturated carbocycles. The van der Waals surface area contributed by atoms with E-state index in [1.165, 1.54) is 7.11 Å². The Morgan fingerprint density at radius 1 is 1.28 bits per heavy atom. The number of anilines is 1. The Kier molecular flexibility index (Phi) is 5.97. The highest BCUT2D eigenvalue weighted by molar-refractivity contribution is 7.92. The van der Waals surface area contributed by atoms with E-state index in [4.69, 9.17) is 4.74 Å². The molecule has 25 heavy (non-hydrogen) atoms. The van der Waals surface area contributed by atoms with E-state index in [1.54, 1.807) is 55.7 Å². The lowest BCUT2D eigenvalue weighted by molar-refractivity contribution is -0.122. The summed E-state index contributed by atoms with van der Waals surface area (Å²) in [4.78, 5) is 16.4. The molecule has 0 unspecified atom stereocenters. The van der Waals surface area contributed by atoms with Crippen molar-refractivity contribution in [3.63, 3.8) is 0 Å². The Labute approximate surface area is 147 Å². The smallest absolute Gasteiger partial charge is 0.243 e. The van der Waals surface area contributed by atoms with Crippen LogP contribution in [0, 0.1) is 0 Å². The number of rotatable bonds is 7. The monoisotopic (exact) mass is 363 g/mol. The van der Waals surface area contributed by atoms with Gasteiger partial charge in [0.1, 0.15) is 11.8 Å². The van der Waals surface area contributed by atoms with Gasteiger partial charge in [-0.25, -0.2) is 8.42 Å². The topological polar surface area (TPSA) is 88.6 Å². The zero-order valence-corrected chi connectivity index (χ0v) is 15.2. The molecule has 1 N–H and O–H groups in total. The summed E-state index contributed by atoms with van der Waals surface area (Å²) < 4.78 is 30.7. The Hall–Kier alpha value is -2.61. The first-order chi connectivity index (χ1) is 11.8. The molecule has 2 rings (SSSR count). The lowest BCUT2D eigenvalue weighted by atomic mass is 10.2. The van der Waals surface area contributed by atoms with Crippen molar-refractivity contribution in [2.45, 2.75) is 19.5 Å². The van der Waals surface area contributed by atoms with Crippen molar-refractivity contribution in [1.82, 2.24) is 10.3 Å². The number of methoxy groups -OCH3 is 1. The average Bonchev–Trinajstić information content (AvgIpc) is 2.59. The van der Waals surface area contributed by atoms with Crippen LogP contribution in [-0.2, 0) is 21.4 Å². The number of aromatic nitrogens is 1. The first-order valence-corrected chi connectivity index (χ1v) is 9.48. The van der Waals surface area contributed by atoms with Gasteiger partial charge in [0.15, 0.2) is 0 Å². The highest BCUT2D eigenvalue weighted by Gasteiger charge is 2.29. The number of sulfonamides is 1. The standard InChI is InChI=1S/C17H21N3O4S/c1-13(17(21)19-12-14-7-9-18-10-8-14)20(25(3,22)23)15-5-4-6-16(11-15)24-2/h4-11,13H,12H2,1-3H3,(H,19,21)/t13-/m1/s1. The highest BCUT2D eigenvalue weighted by atomic mass is 32.2. The van der Waals surface area contributed by atoms with Gasteiger partial charge in [-0.3, -0.25) is 14.1 Å². The van der Waals surface area contributed by atoms with E-state index in [0.29, 0.717) is 18.0 Å². The number of carbonyl (C=O) groups excluding carboxylic acids is 1. The van der Waals surface area contributed by atoms with E-state index < -0.39 is 22.0 Å². The fraction of sp³-hybridized carbons (Fsp3) is 0.294. The van der Waals surface area contributed by atoms with Crippen molar-refractivity contribution >= 4 is 21.6 Å². The maximum atomic E-state index is 12.5. The van der Waals surface area contributed by atoms with Gasteiger partial charge in [-0.15, -0.1) is 0 Å². The van der Waals surface area contributed by atoms with E-state index in [-0.39, 0.29) is 0 Å². The summed E-state index contributed by atoms with van der Waals surface area (Å²) in [5.41, 5.74) is 1.25. The van der Waals surface area contributed by atoms with Gasteiger partial charge in [-0.05, 0) is 36.8 Å². The predicted octanol–water partition coefficient (Wildman–Crippen LogP) is 1.56. The van der Waals surface area contributed by atoms with Crippen LogP contribution in [0.1, 0.15) is 12.5 Å². The van der Waals surface area contributed by atoms with Crippen molar-refractivity contribution in [2.75, 3.05) is 17.7 Å². The summed E-state index contributed by atoms with van der Waals surface area (Å²) in [5.74, 6) is 0.112. The van der Waals surface area contributed by atoms with Crippen molar-refractivity contribution < 1.29 is 17.9 Å². The van der Waals surface area contributed by atoms with E-state index in [0.717, 1.165) is 16.1 Å². The average molecular weight is 363 g/mol. The zero-order valence-electron chi connectivity index (χ0n) is 14.3. The summed E-state index contributed by atoms with van der Waals surface area (Å²) in [6.07, 6.45) is 4.33. The van der Waals surface area contributed by atoms with Crippen LogP contribution < -0.4 is 14.4 Å². The number of nitrogens with zero attached hydrogens (tertiary/aromatic N) is 2. The van der Waals surface area contributed by atoms with Crippen LogP contribution in [0.5, 0.6) is 5.75 Å². The quantitative estimate of drug-likeness (QED) is 0.806. The molecule has 8 heteroatoms. The zero-order chi connectivity index (χ0) is 18.4. The lowest BCUT2D eigenvalue weighted by Crippen LogP contribution is -2.47. The van der Waals surface area contributed by atoms with E-state index >= 15 is 0 Å². The number of amides is 1. The van der Waals surface area contributed by atoms with Crippen LogP contribution >= 0.6 is 0 Å². The molecule has 0 spiro atoms. The lowest BCUT2D eigenvalue weighted by Gasteiger charge is -2.28. The summed E-state index contributed by atoms with van der Waals surface area (Å²) in [5, 5.41) is 2.75. The Balaban J connectivity index is 2.20. The minimum Gasteiger partial charge on any atom is -0.497 e. The maximum Gasteiger partial charge on any atom is 0.243 e. The fourth-order valence-corrected chi connectivity index (χ4v) is 3.56. The van der Waals surface area contributed by atoms with Crippen molar-refractivity contribution in [3.8, 4) is 5.75 Å². The first kappa shape index (κ1) is 18.7. The van der Waals surface area contributed by atoms with Gasteiger partial charge >= 0.3 is 0 Å². The molecule has 134 valence electrons. The second kappa shape index (κ2) is 7.98. The van der Waals surface area contributed by atoms with Crippen LogP contribution in [0.3, 0.4) is 0 Å². The summed E-state index contributed by atoms with van der Waals surface area (Å²) in [7, 11) is -2.17. The van der Waals surface area contributed by atoms with Gasteiger partial charge in [-0.2, -0.15) is 0 Å². The van der Waals surface area contributed by atoms with Gasteiger partial charge in [0, 0.05) is 25.0 Å². The van der Waals surface area contributed by atoms with Crippen LogP contribution in [0.25, 0.3) is 0 Å². The summed E-state index contributed by atoms with van der Waals surface area (Å²) in [6.45, 7) is 1.84. The Bertz CT molecular complexity index is 825. The van der Waals surface area contributed by atoms with Gasteiger partial charge in [0.25, 0.3) is 0 Å². The van der Waals surface area contributed by atoms with E-state index in [1.807, 2.05) is 0 Å². The van der Waals surface area contributed by atoms with Crippen LogP contribution in [0.15, 0.2) is 48.8 Å². The molecular formula is C17H21N3O4S. The third kappa shape index (κ3) is 4.93. The number of ether oxygens (including phenoxy) is 1. The molecule has 0 aliphatic carbocycles. The molecule has 1 aromatic carbocycles. The number of pyridine rings is 1. The molecule has 2 aromatic rings. The molecule has 1 heterocycles. The second-order valence-electron chi connectivity index (χ2n) is 5.51. The number of hydrogen-bond acceptors (Lipinski definition) is 5. The normalized spacial score (nSPS) is 12.3. The third-order valence-electron chi connectivity index (χ3n) is 3.61. The number of carbonyl (C=O) groups is 1. The van der Waals surface area contributed by atoms with Gasteiger partial charge in [0.05, 0.1) is 19.1 Å². The molecular weight excluding hydrogens is 342 g/mol. The van der Waals surface area contributed by atoms with Gasteiger partial charge in [0.2, 0.25) is 15.9 Å². The first-order valence-electron chi connectivity index (χ1n) is 7.63. The molecule has 0 bridgehead atoms. The minimum absolute atomic E-state index is 0.293. The Morgan fingerprint density at radius 2 is 1.96 bits per heavy atom. The molecule has 1 amide bonds. The number of benzene rings is 1. The van der Waals surface area contributed by atoms with Gasteiger partial charge < -0.3 is 10.1 Å². The van der Waals surface area contributed by atoms with Gasteiger partial charge in [-0.1, -0.05) is 6.07 Å². The highest BCUT2D eigenvalue weighted by Crippen LogP contribution is 2.25. The maximum absolute atomic E-state index is 12.5. The van der Waals surface area contributed by atoms with Crippen LogP contribution in [0.2, 0.25) is 0 Å². The minimum atomic E-state index is -3.66. The summed E-state index contributed by atoms with van der Waals surface area (Å²) in [6, 6.07) is 9.22. The predicted molar refractivity (Wildman–Crippen MR) is 95.9 cm³/mol. The molecule has 1 atom stereocenters. The van der Waals surface area contributed by atoms with E-state index in [2.05, 4.69) is 10.3 Å². The van der Waals surface area contributed by atoms with Crippen molar-refractivity contribution in [2.24, 2.45) is 0 Å². The molecule has 1 aromatic heterocycles. The SMILES string of the molecule is COc1cccc(N([C@H](C)C(=O)NCc2ccncc2)S(C)(=O)=O)c1. The molecule has 0 fully saturated rings. The molecule has 0 saturated heterocycles. The molecule has 0 radical (unpaired) electrons. The third-order valence-corrected chi connectivity index (χ3v) is 4.85. The second-order valence-corrected chi connectivity index (χ2v) is 7.37. The van der Waals surface area contributed by atoms with Crippen molar-refractivity contribution in [3.05, 3.63) is 54.4 Å². The number of hydrogen-bond donors (Lipinski definition) is 1. The molecule has 0 aliphatic heterocycles. The molecule has 7 nitrogen and oxygen atoms in total. The largest absolute Gasteiger partial charge is 0.497 e. The van der Waals surface area contributed by atoms with E-state index in [9.17, 15) is 13.2 Å². The molecule has 0 aliphatic rings. The fourth-order valence-electron chi connectivity index (χ4n) is 2.39. The Morgan fingerprint density at radius 3 is 2.56 bits per heavy atom. The van der Waals surface area contributed by atoms with Crippen LogP contribution in [0.4, 0.5) is 5.69 Å². The number of nitrogens with one attached hydrogen (secondary N) is 1. The van der Waals surface area contributed by atoms with Crippen molar-refractivity contribution in [1.29, 1.82) is 0 Å². The summed E-state index contributed by atoms with van der Waals surface area (Å²) >= 11 is 0. The van der Waals surface area contributed by atoms with Crippen LogP contribution in [-0.4, -0.2) is 38.7 Å².